The normalized spacial score (nSPS) is 15.9. The number of hydrogen-bond acceptors (Lipinski definition) is 6. The summed E-state index contributed by atoms with van der Waals surface area (Å²) in [7, 11) is -3.72. The molecule has 37 heavy (non-hydrogen) atoms. The van der Waals surface area contributed by atoms with Gasteiger partial charge in [0.2, 0.25) is 10.0 Å². The molecule has 4 aromatic rings. The van der Waals surface area contributed by atoms with Crippen LogP contribution < -0.4 is 5.56 Å². The van der Waals surface area contributed by atoms with Crippen LogP contribution in [0.3, 0.4) is 0 Å². The second kappa shape index (κ2) is 9.46. The summed E-state index contributed by atoms with van der Waals surface area (Å²) in [6.45, 7) is 7.44. The van der Waals surface area contributed by atoms with Crippen molar-refractivity contribution in [3.8, 4) is 0 Å². The highest BCUT2D eigenvalue weighted by atomic mass is 32.2. The minimum atomic E-state index is -3.72. The summed E-state index contributed by atoms with van der Waals surface area (Å²) in [5.74, 6) is -0.104. The van der Waals surface area contributed by atoms with Gasteiger partial charge in [-0.05, 0) is 53.6 Å². The van der Waals surface area contributed by atoms with Gasteiger partial charge >= 0.3 is 0 Å². The van der Waals surface area contributed by atoms with E-state index in [9.17, 15) is 17.6 Å². The van der Waals surface area contributed by atoms with Crippen LogP contribution >= 0.6 is 0 Å². The van der Waals surface area contributed by atoms with Gasteiger partial charge in [0.15, 0.2) is 11.2 Å². The van der Waals surface area contributed by atoms with Crippen molar-refractivity contribution >= 4 is 21.2 Å². The maximum Gasteiger partial charge on any atom is 0.281 e. The van der Waals surface area contributed by atoms with Gasteiger partial charge in [0.25, 0.3) is 5.56 Å². The number of H-pyrrole nitrogens is 1. The van der Waals surface area contributed by atoms with E-state index in [4.69, 9.17) is 4.98 Å². The van der Waals surface area contributed by atoms with Crippen molar-refractivity contribution in [2.75, 3.05) is 13.1 Å². The van der Waals surface area contributed by atoms with E-state index in [1.54, 1.807) is 4.68 Å². The number of aromatic amines is 1. The first-order valence-electron chi connectivity index (χ1n) is 12.2. The number of piperidine rings is 1. The van der Waals surface area contributed by atoms with Gasteiger partial charge in [-0.3, -0.25) is 4.79 Å². The van der Waals surface area contributed by atoms with Crippen molar-refractivity contribution in [2.24, 2.45) is 0 Å². The van der Waals surface area contributed by atoms with Crippen LogP contribution in [0, 0.1) is 5.82 Å². The van der Waals surface area contributed by atoms with Gasteiger partial charge in [0.05, 0.1) is 11.4 Å². The molecule has 1 aliphatic rings. The number of aromatic nitrogens is 5. The second-order valence-electron chi connectivity index (χ2n) is 10.4. The zero-order valence-electron chi connectivity index (χ0n) is 21.0. The Kier molecular flexibility index (Phi) is 6.45. The maximum absolute atomic E-state index is 13.2. The van der Waals surface area contributed by atoms with E-state index in [1.807, 2.05) is 12.1 Å². The maximum atomic E-state index is 13.2. The lowest BCUT2D eigenvalue weighted by Crippen LogP contribution is -2.38. The molecule has 11 heteroatoms. The lowest BCUT2D eigenvalue weighted by Gasteiger charge is -2.30. The molecule has 2 aromatic carbocycles. The molecule has 0 bridgehead atoms. The summed E-state index contributed by atoms with van der Waals surface area (Å²) >= 11 is 0. The van der Waals surface area contributed by atoms with Gasteiger partial charge in [0, 0.05) is 19.0 Å². The van der Waals surface area contributed by atoms with Crippen LogP contribution in [0.15, 0.2) is 58.2 Å². The van der Waals surface area contributed by atoms with Crippen LogP contribution in [0.4, 0.5) is 4.39 Å². The number of nitrogens with zero attached hydrogens (tertiary/aromatic N) is 5. The number of benzene rings is 2. The highest BCUT2D eigenvalue weighted by Crippen LogP contribution is 2.29. The SMILES string of the molecule is CC(C)(C)c1ccc(Cn2nnc3c(=O)[nH]c(C4CCN(S(=O)(=O)c5ccc(F)cc5)CC4)nc32)cc1. The summed E-state index contributed by atoms with van der Waals surface area (Å²) < 4.78 is 42.1. The highest BCUT2D eigenvalue weighted by molar-refractivity contribution is 7.89. The fourth-order valence-electron chi connectivity index (χ4n) is 4.59. The van der Waals surface area contributed by atoms with Crippen LogP contribution in [-0.4, -0.2) is 50.8 Å². The molecule has 194 valence electrons. The zero-order valence-corrected chi connectivity index (χ0v) is 21.8. The first-order valence-corrected chi connectivity index (χ1v) is 13.6. The molecule has 1 N–H and O–H groups in total. The van der Waals surface area contributed by atoms with E-state index in [0.29, 0.717) is 30.9 Å². The monoisotopic (exact) mass is 524 g/mol. The van der Waals surface area contributed by atoms with E-state index in [2.05, 4.69) is 48.2 Å². The van der Waals surface area contributed by atoms with Crippen LogP contribution in [-0.2, 0) is 22.0 Å². The van der Waals surface area contributed by atoms with E-state index in [0.717, 1.165) is 17.7 Å². The summed E-state index contributed by atoms with van der Waals surface area (Å²) in [5.41, 5.74) is 2.50. The van der Waals surface area contributed by atoms with E-state index < -0.39 is 15.8 Å². The molecular formula is C26H29FN6O3S. The van der Waals surface area contributed by atoms with Crippen molar-refractivity contribution in [2.45, 2.75) is 56.4 Å². The standard InChI is InChI=1S/C26H29FN6O3S/c1-26(2,3)19-6-4-17(5-7-19)16-33-24-22(30-31-33)25(34)29-23(28-24)18-12-14-32(15-13-18)37(35,36)21-10-8-20(27)9-11-21/h4-11,18H,12-16H2,1-3H3,(H,28,29,34). The molecule has 2 aromatic heterocycles. The fourth-order valence-corrected chi connectivity index (χ4v) is 6.06. The Bertz CT molecular complexity index is 1580. The van der Waals surface area contributed by atoms with Crippen LogP contribution in [0.5, 0.6) is 0 Å². The molecule has 0 atom stereocenters. The Morgan fingerprint density at radius 1 is 1.03 bits per heavy atom. The lowest BCUT2D eigenvalue weighted by molar-refractivity contribution is 0.313. The summed E-state index contributed by atoms with van der Waals surface area (Å²) in [4.78, 5) is 20.3. The van der Waals surface area contributed by atoms with Gasteiger partial charge in [-0.2, -0.15) is 4.31 Å². The molecule has 0 spiro atoms. The third-order valence-corrected chi connectivity index (χ3v) is 8.75. The first kappa shape index (κ1) is 25.2. The van der Waals surface area contributed by atoms with Gasteiger partial charge in [0.1, 0.15) is 11.6 Å². The molecule has 1 saturated heterocycles. The fraction of sp³-hybridized carbons (Fsp3) is 0.385. The van der Waals surface area contributed by atoms with Crippen LogP contribution in [0.2, 0.25) is 0 Å². The average Bonchev–Trinajstić information content (AvgIpc) is 3.27. The van der Waals surface area contributed by atoms with Crippen molar-refractivity contribution < 1.29 is 12.8 Å². The molecule has 0 unspecified atom stereocenters. The van der Waals surface area contributed by atoms with Crippen molar-refractivity contribution in [1.29, 1.82) is 0 Å². The smallest absolute Gasteiger partial charge is 0.281 e. The quantitative estimate of drug-likeness (QED) is 0.427. The van der Waals surface area contributed by atoms with Crippen molar-refractivity contribution in [3.63, 3.8) is 0 Å². The number of halogens is 1. The van der Waals surface area contributed by atoms with Gasteiger partial charge in [-0.25, -0.2) is 22.5 Å². The molecule has 1 fully saturated rings. The minimum absolute atomic E-state index is 0.0517. The summed E-state index contributed by atoms with van der Waals surface area (Å²) in [5, 5.41) is 8.20. The molecule has 3 heterocycles. The number of rotatable bonds is 5. The van der Waals surface area contributed by atoms with Crippen LogP contribution in [0.1, 0.15) is 56.5 Å². The number of fused-ring (bicyclic) bond motifs is 1. The van der Waals surface area contributed by atoms with Gasteiger partial charge < -0.3 is 4.98 Å². The Balaban J connectivity index is 1.34. The number of hydrogen-bond donors (Lipinski definition) is 1. The third-order valence-electron chi connectivity index (χ3n) is 6.84. The van der Waals surface area contributed by atoms with E-state index in [1.165, 1.54) is 22.0 Å². The van der Waals surface area contributed by atoms with E-state index >= 15 is 0 Å². The molecular weight excluding hydrogens is 495 g/mol. The second-order valence-corrected chi connectivity index (χ2v) is 12.4. The molecule has 0 saturated carbocycles. The van der Waals surface area contributed by atoms with E-state index in [-0.39, 0.29) is 40.4 Å². The molecule has 0 aliphatic carbocycles. The Hall–Kier alpha value is -3.44. The number of nitrogens with one attached hydrogen (secondary N) is 1. The van der Waals surface area contributed by atoms with Gasteiger partial charge in [-0.15, -0.1) is 5.10 Å². The summed E-state index contributed by atoms with van der Waals surface area (Å²) in [6, 6.07) is 13.1. The van der Waals surface area contributed by atoms with Crippen LogP contribution in [0.25, 0.3) is 11.2 Å². The molecule has 0 amide bonds. The molecule has 5 rings (SSSR count). The topological polar surface area (TPSA) is 114 Å². The molecule has 9 nitrogen and oxygen atoms in total. The Morgan fingerprint density at radius 2 is 1.68 bits per heavy atom. The number of sulfonamides is 1. The lowest BCUT2D eigenvalue weighted by atomic mass is 9.87. The molecule has 0 radical (unpaired) electrons. The first-order chi connectivity index (χ1) is 17.5. The predicted octanol–water partition coefficient (Wildman–Crippen LogP) is 3.57. The van der Waals surface area contributed by atoms with Crippen molar-refractivity contribution in [3.05, 3.63) is 81.7 Å². The third kappa shape index (κ3) is 5.05. The van der Waals surface area contributed by atoms with Crippen molar-refractivity contribution in [1.82, 2.24) is 29.3 Å². The largest absolute Gasteiger partial charge is 0.308 e. The molecule has 1 aliphatic heterocycles. The predicted molar refractivity (Wildman–Crippen MR) is 137 cm³/mol. The Morgan fingerprint density at radius 3 is 2.30 bits per heavy atom. The summed E-state index contributed by atoms with van der Waals surface area (Å²) in [6.07, 6.45) is 0.982. The minimum Gasteiger partial charge on any atom is -0.308 e. The Labute approximate surface area is 214 Å². The average molecular weight is 525 g/mol. The highest BCUT2D eigenvalue weighted by Gasteiger charge is 2.31. The van der Waals surface area contributed by atoms with Gasteiger partial charge in [-0.1, -0.05) is 50.3 Å². The zero-order chi connectivity index (χ0) is 26.4.